The lowest BCUT2D eigenvalue weighted by molar-refractivity contribution is 0.151. The molecule has 16 heavy (non-hydrogen) atoms. The summed E-state index contributed by atoms with van der Waals surface area (Å²) in [5, 5.41) is 0.710. The summed E-state index contributed by atoms with van der Waals surface area (Å²) in [4.78, 5) is 8.07. The Kier molecular flexibility index (Phi) is 2.09. The van der Waals surface area contributed by atoms with Crippen LogP contribution >= 0.6 is 0 Å². The van der Waals surface area contributed by atoms with Crippen LogP contribution in [0.3, 0.4) is 0 Å². The summed E-state index contributed by atoms with van der Waals surface area (Å²) in [6, 6.07) is 3.07. The standard InChI is InChI=1S/C12H10F2N2/c13-12(14)8-3-9-5-15-6-16-11(9)10(4-8)7-1-2-7/h3-7,12H,1-2H2. The average Bonchev–Trinajstić information content (AvgIpc) is 3.11. The van der Waals surface area contributed by atoms with Crippen LogP contribution in [0.15, 0.2) is 24.7 Å². The summed E-state index contributed by atoms with van der Waals surface area (Å²) >= 11 is 0. The van der Waals surface area contributed by atoms with E-state index in [4.69, 9.17) is 0 Å². The number of nitrogens with zero attached hydrogens (tertiary/aromatic N) is 2. The summed E-state index contributed by atoms with van der Waals surface area (Å²) in [7, 11) is 0. The number of rotatable bonds is 2. The van der Waals surface area contributed by atoms with Crippen molar-refractivity contribution < 1.29 is 8.78 Å². The van der Waals surface area contributed by atoms with Crippen molar-refractivity contribution in [2.75, 3.05) is 0 Å². The summed E-state index contributed by atoms with van der Waals surface area (Å²) in [6.07, 6.45) is 2.79. The maximum Gasteiger partial charge on any atom is 0.263 e. The molecule has 4 heteroatoms. The van der Waals surface area contributed by atoms with E-state index in [0.717, 1.165) is 23.9 Å². The normalized spacial score (nSPS) is 15.9. The number of alkyl halides is 2. The van der Waals surface area contributed by atoms with Gasteiger partial charge < -0.3 is 0 Å². The van der Waals surface area contributed by atoms with Crippen LogP contribution in [0.2, 0.25) is 0 Å². The molecule has 1 aliphatic rings. The highest BCUT2D eigenvalue weighted by Gasteiger charge is 2.27. The average molecular weight is 220 g/mol. The van der Waals surface area contributed by atoms with Crippen molar-refractivity contribution in [2.24, 2.45) is 0 Å². The molecule has 0 aliphatic heterocycles. The Hall–Kier alpha value is -1.58. The molecule has 1 aliphatic carbocycles. The number of fused-ring (bicyclic) bond motifs is 1. The fourth-order valence-corrected chi connectivity index (χ4v) is 1.99. The van der Waals surface area contributed by atoms with Crippen LogP contribution in [0.5, 0.6) is 0 Å². The number of aromatic nitrogens is 2. The summed E-state index contributed by atoms with van der Waals surface area (Å²) < 4.78 is 25.4. The lowest BCUT2D eigenvalue weighted by Crippen LogP contribution is -1.93. The van der Waals surface area contributed by atoms with E-state index < -0.39 is 6.43 Å². The molecule has 1 fully saturated rings. The van der Waals surface area contributed by atoms with Gasteiger partial charge in [-0.2, -0.15) is 0 Å². The molecule has 0 bridgehead atoms. The molecule has 0 amide bonds. The van der Waals surface area contributed by atoms with E-state index in [1.807, 2.05) is 0 Å². The van der Waals surface area contributed by atoms with Gasteiger partial charge in [-0.15, -0.1) is 0 Å². The SMILES string of the molecule is FC(F)c1cc(C2CC2)c2ncncc2c1. The second-order valence-corrected chi connectivity index (χ2v) is 4.15. The van der Waals surface area contributed by atoms with E-state index in [2.05, 4.69) is 9.97 Å². The molecule has 1 aromatic heterocycles. The summed E-state index contributed by atoms with van der Waals surface area (Å²) in [5.74, 6) is 0.413. The minimum Gasteiger partial charge on any atom is -0.244 e. The predicted molar refractivity (Wildman–Crippen MR) is 56.5 cm³/mol. The van der Waals surface area contributed by atoms with E-state index in [-0.39, 0.29) is 5.56 Å². The van der Waals surface area contributed by atoms with Gasteiger partial charge in [0.15, 0.2) is 0 Å². The van der Waals surface area contributed by atoms with Crippen LogP contribution in [0.1, 0.15) is 36.3 Å². The van der Waals surface area contributed by atoms with Crippen LogP contribution in [-0.4, -0.2) is 9.97 Å². The Morgan fingerprint density at radius 1 is 1.25 bits per heavy atom. The second kappa shape index (κ2) is 3.47. The summed E-state index contributed by atoms with van der Waals surface area (Å²) in [5.41, 5.74) is 1.85. The van der Waals surface area contributed by atoms with Gasteiger partial charge in [0, 0.05) is 17.1 Å². The monoisotopic (exact) mass is 220 g/mol. The first kappa shape index (κ1) is 9.63. The number of hydrogen-bond donors (Lipinski definition) is 0. The molecule has 0 N–H and O–H groups in total. The van der Waals surface area contributed by atoms with Crippen molar-refractivity contribution in [1.29, 1.82) is 0 Å². The smallest absolute Gasteiger partial charge is 0.244 e. The molecule has 1 aromatic carbocycles. The van der Waals surface area contributed by atoms with E-state index in [1.165, 1.54) is 12.4 Å². The Morgan fingerprint density at radius 2 is 2.06 bits per heavy atom. The maximum atomic E-state index is 12.7. The molecule has 0 saturated heterocycles. The molecule has 1 saturated carbocycles. The Bertz CT molecular complexity index is 536. The van der Waals surface area contributed by atoms with Crippen LogP contribution in [-0.2, 0) is 0 Å². The van der Waals surface area contributed by atoms with Crippen molar-refractivity contribution >= 4 is 10.9 Å². The highest BCUT2D eigenvalue weighted by molar-refractivity contribution is 5.82. The number of hydrogen-bond acceptors (Lipinski definition) is 2. The number of benzene rings is 1. The van der Waals surface area contributed by atoms with Gasteiger partial charge in [-0.3, -0.25) is 0 Å². The van der Waals surface area contributed by atoms with Gasteiger partial charge in [-0.1, -0.05) is 0 Å². The quantitative estimate of drug-likeness (QED) is 0.774. The molecule has 82 valence electrons. The first-order chi connectivity index (χ1) is 7.75. The third kappa shape index (κ3) is 1.54. The fourth-order valence-electron chi connectivity index (χ4n) is 1.99. The highest BCUT2D eigenvalue weighted by Crippen LogP contribution is 2.43. The van der Waals surface area contributed by atoms with E-state index in [0.29, 0.717) is 11.3 Å². The van der Waals surface area contributed by atoms with Gasteiger partial charge in [-0.05, 0) is 36.5 Å². The van der Waals surface area contributed by atoms with Crippen LogP contribution in [0.25, 0.3) is 10.9 Å². The first-order valence-corrected chi connectivity index (χ1v) is 5.27. The highest BCUT2D eigenvalue weighted by atomic mass is 19.3. The Balaban J connectivity index is 2.26. The minimum atomic E-state index is -2.43. The lowest BCUT2D eigenvalue weighted by Gasteiger charge is -2.07. The number of halogens is 2. The molecule has 0 atom stereocenters. The molecular weight excluding hydrogens is 210 g/mol. The van der Waals surface area contributed by atoms with Crippen LogP contribution in [0.4, 0.5) is 8.78 Å². The topological polar surface area (TPSA) is 25.8 Å². The maximum absolute atomic E-state index is 12.7. The second-order valence-electron chi connectivity index (χ2n) is 4.15. The molecule has 2 aromatic rings. The Morgan fingerprint density at radius 3 is 2.75 bits per heavy atom. The van der Waals surface area contributed by atoms with Gasteiger partial charge in [0.25, 0.3) is 6.43 Å². The van der Waals surface area contributed by atoms with Crippen LogP contribution in [0, 0.1) is 0 Å². The summed E-state index contributed by atoms with van der Waals surface area (Å²) in [6.45, 7) is 0. The van der Waals surface area contributed by atoms with Crippen molar-refractivity contribution in [3.05, 3.63) is 35.8 Å². The van der Waals surface area contributed by atoms with Crippen LogP contribution < -0.4 is 0 Å². The van der Waals surface area contributed by atoms with Gasteiger partial charge in [0.05, 0.1) is 5.52 Å². The van der Waals surface area contributed by atoms with Gasteiger partial charge in [0.2, 0.25) is 0 Å². The van der Waals surface area contributed by atoms with Crippen molar-refractivity contribution in [3.63, 3.8) is 0 Å². The fraction of sp³-hybridized carbons (Fsp3) is 0.333. The third-order valence-corrected chi connectivity index (χ3v) is 2.93. The molecular formula is C12H10F2N2. The minimum absolute atomic E-state index is 0.0733. The third-order valence-electron chi connectivity index (χ3n) is 2.93. The van der Waals surface area contributed by atoms with E-state index in [9.17, 15) is 8.78 Å². The zero-order valence-corrected chi connectivity index (χ0v) is 8.53. The van der Waals surface area contributed by atoms with E-state index >= 15 is 0 Å². The van der Waals surface area contributed by atoms with Crippen molar-refractivity contribution in [1.82, 2.24) is 9.97 Å². The Labute approximate surface area is 91.3 Å². The van der Waals surface area contributed by atoms with Crippen molar-refractivity contribution in [2.45, 2.75) is 25.2 Å². The first-order valence-electron chi connectivity index (χ1n) is 5.27. The predicted octanol–water partition coefficient (Wildman–Crippen LogP) is 3.44. The molecule has 2 nitrogen and oxygen atoms in total. The molecule has 0 radical (unpaired) electrons. The van der Waals surface area contributed by atoms with Gasteiger partial charge >= 0.3 is 0 Å². The van der Waals surface area contributed by atoms with E-state index in [1.54, 1.807) is 12.3 Å². The molecule has 0 unspecified atom stereocenters. The van der Waals surface area contributed by atoms with Gasteiger partial charge in [0.1, 0.15) is 6.33 Å². The zero-order valence-electron chi connectivity index (χ0n) is 8.53. The van der Waals surface area contributed by atoms with Gasteiger partial charge in [-0.25, -0.2) is 18.7 Å². The molecule has 3 rings (SSSR count). The zero-order chi connectivity index (χ0) is 11.1. The lowest BCUT2D eigenvalue weighted by atomic mass is 10.0. The largest absolute Gasteiger partial charge is 0.263 e. The molecule has 0 spiro atoms. The van der Waals surface area contributed by atoms with Crippen molar-refractivity contribution in [3.8, 4) is 0 Å². The molecule has 1 heterocycles.